The average Bonchev–Trinajstić information content (AvgIpc) is 3.33. The summed E-state index contributed by atoms with van der Waals surface area (Å²) in [5.74, 6) is 1.94. The number of nitrogens with one attached hydrogen (secondary N) is 1. The molecule has 1 fully saturated rings. The van der Waals surface area contributed by atoms with Crippen molar-refractivity contribution in [1.82, 2.24) is 9.97 Å². The number of anilines is 2. The van der Waals surface area contributed by atoms with Crippen LogP contribution in [0.15, 0.2) is 41.2 Å². The first kappa shape index (κ1) is 13.8. The highest BCUT2D eigenvalue weighted by Crippen LogP contribution is 2.38. The fourth-order valence-electron chi connectivity index (χ4n) is 2.38. The molecule has 2 aromatic rings. The number of benzene rings is 1. The van der Waals surface area contributed by atoms with Gasteiger partial charge in [-0.25, -0.2) is 4.98 Å². The summed E-state index contributed by atoms with van der Waals surface area (Å²) in [5.41, 5.74) is 6.58. The first-order valence-electron chi connectivity index (χ1n) is 7.42. The van der Waals surface area contributed by atoms with E-state index in [0.29, 0.717) is 18.3 Å². The molecule has 1 aliphatic carbocycles. The van der Waals surface area contributed by atoms with E-state index >= 15 is 0 Å². The third kappa shape index (κ3) is 3.31. The minimum atomic E-state index is -0.0874. The number of H-pyrrole nitrogens is 1. The fraction of sp³-hybridized carbons (Fsp3) is 0.375. The Bertz CT molecular complexity index is 649. The van der Waals surface area contributed by atoms with E-state index < -0.39 is 0 Å². The lowest BCUT2D eigenvalue weighted by Crippen LogP contribution is -2.24. The molecule has 0 amide bonds. The predicted octanol–water partition coefficient (Wildman–Crippen LogP) is 2.13. The minimum Gasteiger partial charge on any atom is -0.330 e. The van der Waals surface area contributed by atoms with Gasteiger partial charge in [0.1, 0.15) is 11.6 Å². The predicted molar refractivity (Wildman–Crippen MR) is 84.0 cm³/mol. The van der Waals surface area contributed by atoms with Crippen LogP contribution >= 0.6 is 0 Å². The van der Waals surface area contributed by atoms with Gasteiger partial charge in [0.15, 0.2) is 0 Å². The van der Waals surface area contributed by atoms with E-state index in [0.717, 1.165) is 37.3 Å². The molecule has 0 unspecified atom stereocenters. The molecule has 110 valence electrons. The van der Waals surface area contributed by atoms with Gasteiger partial charge in [-0.05, 0) is 37.9 Å². The van der Waals surface area contributed by atoms with Gasteiger partial charge in [0, 0.05) is 24.2 Å². The van der Waals surface area contributed by atoms with Gasteiger partial charge in [0.2, 0.25) is 0 Å². The van der Waals surface area contributed by atoms with Gasteiger partial charge in [-0.15, -0.1) is 0 Å². The van der Waals surface area contributed by atoms with Crippen molar-refractivity contribution < 1.29 is 0 Å². The summed E-state index contributed by atoms with van der Waals surface area (Å²) in [7, 11) is 0. The number of hydrogen-bond acceptors (Lipinski definition) is 4. The van der Waals surface area contributed by atoms with Crippen molar-refractivity contribution in [3.8, 4) is 0 Å². The maximum absolute atomic E-state index is 11.9. The van der Waals surface area contributed by atoms with Crippen LogP contribution in [0.5, 0.6) is 0 Å². The highest BCUT2D eigenvalue weighted by molar-refractivity contribution is 5.59. The highest BCUT2D eigenvalue weighted by Gasteiger charge is 2.27. The average molecular weight is 284 g/mol. The lowest BCUT2D eigenvalue weighted by Gasteiger charge is -2.23. The largest absolute Gasteiger partial charge is 0.330 e. The van der Waals surface area contributed by atoms with Crippen LogP contribution in [0.1, 0.15) is 31.0 Å². The number of nitrogens with zero attached hydrogens (tertiary/aromatic N) is 2. The van der Waals surface area contributed by atoms with Crippen molar-refractivity contribution in [2.75, 3.05) is 18.0 Å². The fourth-order valence-corrected chi connectivity index (χ4v) is 2.38. The molecule has 0 spiro atoms. The second-order valence-electron chi connectivity index (χ2n) is 5.39. The highest BCUT2D eigenvalue weighted by atomic mass is 16.1. The summed E-state index contributed by atoms with van der Waals surface area (Å²) in [6, 6.07) is 11.6. The maximum atomic E-state index is 11.9. The lowest BCUT2D eigenvalue weighted by atomic mass is 10.2. The molecule has 5 heteroatoms. The normalized spacial score (nSPS) is 14.1. The molecule has 1 saturated carbocycles. The molecule has 0 aliphatic heterocycles. The summed E-state index contributed by atoms with van der Waals surface area (Å²) in [5, 5.41) is 0. The number of aromatic amines is 1. The molecule has 0 saturated heterocycles. The monoisotopic (exact) mass is 284 g/mol. The number of para-hydroxylation sites is 1. The molecule has 3 N–H and O–H groups in total. The van der Waals surface area contributed by atoms with Gasteiger partial charge in [0.05, 0.1) is 0 Å². The van der Waals surface area contributed by atoms with Gasteiger partial charge < -0.3 is 15.6 Å². The van der Waals surface area contributed by atoms with Crippen LogP contribution in [0, 0.1) is 0 Å². The zero-order chi connectivity index (χ0) is 14.7. The van der Waals surface area contributed by atoms with Gasteiger partial charge in [-0.2, -0.15) is 0 Å². The van der Waals surface area contributed by atoms with Gasteiger partial charge >= 0.3 is 0 Å². The van der Waals surface area contributed by atoms with Crippen LogP contribution < -0.4 is 16.2 Å². The second-order valence-corrected chi connectivity index (χ2v) is 5.39. The standard InChI is InChI=1S/C16H20N4O/c17-9-4-10-20(13-5-2-1-3-6-13)14-11-15(21)19-16(18-14)12-7-8-12/h1-3,5-6,11-12H,4,7-10,17H2,(H,18,19,21). The number of rotatable bonds is 6. The van der Waals surface area contributed by atoms with E-state index in [-0.39, 0.29) is 5.56 Å². The Hall–Kier alpha value is -2.14. The Labute approximate surface area is 123 Å². The molecular weight excluding hydrogens is 264 g/mol. The van der Waals surface area contributed by atoms with Crippen molar-refractivity contribution in [3.05, 3.63) is 52.6 Å². The van der Waals surface area contributed by atoms with E-state index in [4.69, 9.17) is 5.73 Å². The molecular formula is C16H20N4O. The zero-order valence-electron chi connectivity index (χ0n) is 12.0. The van der Waals surface area contributed by atoms with Crippen molar-refractivity contribution >= 4 is 11.5 Å². The van der Waals surface area contributed by atoms with Crippen molar-refractivity contribution in [1.29, 1.82) is 0 Å². The molecule has 1 aliphatic rings. The van der Waals surface area contributed by atoms with Gasteiger partial charge in [0.25, 0.3) is 5.56 Å². The van der Waals surface area contributed by atoms with Crippen LogP contribution in [0.3, 0.4) is 0 Å². The van der Waals surface area contributed by atoms with Gasteiger partial charge in [-0.1, -0.05) is 18.2 Å². The smallest absolute Gasteiger partial charge is 0.253 e. The third-order valence-corrected chi connectivity index (χ3v) is 3.64. The zero-order valence-corrected chi connectivity index (χ0v) is 12.0. The summed E-state index contributed by atoms with van der Waals surface area (Å²) in [6.45, 7) is 1.36. The van der Waals surface area contributed by atoms with E-state index in [9.17, 15) is 4.79 Å². The van der Waals surface area contributed by atoms with Crippen molar-refractivity contribution in [2.45, 2.75) is 25.2 Å². The molecule has 0 atom stereocenters. The number of nitrogens with two attached hydrogens (primary N) is 1. The Balaban J connectivity index is 1.97. The Morgan fingerprint density at radius 3 is 2.71 bits per heavy atom. The number of hydrogen-bond donors (Lipinski definition) is 2. The molecule has 21 heavy (non-hydrogen) atoms. The van der Waals surface area contributed by atoms with Crippen molar-refractivity contribution in [2.24, 2.45) is 5.73 Å². The Kier molecular flexibility index (Phi) is 4.01. The molecule has 0 bridgehead atoms. The lowest BCUT2D eigenvalue weighted by molar-refractivity contribution is 0.798. The quantitative estimate of drug-likeness (QED) is 0.852. The summed E-state index contributed by atoms with van der Waals surface area (Å²) >= 11 is 0. The van der Waals surface area contributed by atoms with E-state index in [2.05, 4.69) is 14.9 Å². The van der Waals surface area contributed by atoms with E-state index in [1.54, 1.807) is 6.07 Å². The molecule has 5 nitrogen and oxygen atoms in total. The summed E-state index contributed by atoms with van der Waals surface area (Å²) in [4.78, 5) is 21.5. The van der Waals surface area contributed by atoms with Gasteiger partial charge in [-0.3, -0.25) is 4.79 Å². The number of aromatic nitrogens is 2. The van der Waals surface area contributed by atoms with Crippen LogP contribution in [0.4, 0.5) is 11.5 Å². The maximum Gasteiger partial charge on any atom is 0.253 e. The topological polar surface area (TPSA) is 75.0 Å². The van der Waals surface area contributed by atoms with Crippen LogP contribution in [0.25, 0.3) is 0 Å². The van der Waals surface area contributed by atoms with Crippen LogP contribution in [-0.2, 0) is 0 Å². The SMILES string of the molecule is NCCCN(c1ccccc1)c1cc(=O)[nH]c(C2CC2)n1. The van der Waals surface area contributed by atoms with E-state index in [1.165, 1.54) is 0 Å². The molecule has 0 radical (unpaired) electrons. The molecule has 1 heterocycles. The van der Waals surface area contributed by atoms with Crippen molar-refractivity contribution in [3.63, 3.8) is 0 Å². The first-order chi connectivity index (χ1) is 10.3. The third-order valence-electron chi connectivity index (χ3n) is 3.64. The summed E-state index contributed by atoms with van der Waals surface area (Å²) < 4.78 is 0. The molecule has 3 rings (SSSR count). The van der Waals surface area contributed by atoms with Crippen LogP contribution in [-0.4, -0.2) is 23.1 Å². The first-order valence-corrected chi connectivity index (χ1v) is 7.42. The Morgan fingerprint density at radius 1 is 1.29 bits per heavy atom. The minimum absolute atomic E-state index is 0.0874. The molecule has 1 aromatic heterocycles. The second kappa shape index (κ2) is 6.10. The summed E-state index contributed by atoms with van der Waals surface area (Å²) in [6.07, 6.45) is 3.07. The molecule has 1 aromatic carbocycles. The van der Waals surface area contributed by atoms with Crippen LogP contribution in [0.2, 0.25) is 0 Å². The Morgan fingerprint density at radius 2 is 2.05 bits per heavy atom. The van der Waals surface area contributed by atoms with E-state index in [1.807, 2.05) is 30.3 Å².